The van der Waals surface area contributed by atoms with Gasteiger partial charge in [0.05, 0.1) is 5.56 Å². The molecule has 0 atom stereocenters. The molecule has 0 bridgehead atoms. The van der Waals surface area contributed by atoms with Gasteiger partial charge in [-0.2, -0.15) is 4.89 Å². The Morgan fingerprint density at radius 2 is 1.85 bits per heavy atom. The van der Waals surface area contributed by atoms with Crippen LogP contribution in [-0.2, 0) is 9.78 Å². The summed E-state index contributed by atoms with van der Waals surface area (Å²) in [6.45, 7) is 7.86. The van der Waals surface area contributed by atoms with Crippen molar-refractivity contribution in [2.24, 2.45) is 0 Å². The number of rotatable bonds is 8. The zero-order chi connectivity index (χ0) is 15.0. The Hall–Kier alpha value is -1.35. The summed E-state index contributed by atoms with van der Waals surface area (Å²) in [5.41, 5.74) is 2.48. The van der Waals surface area contributed by atoms with E-state index in [0.717, 1.165) is 30.1 Å². The molecule has 1 aromatic carbocycles. The Bertz CT molecular complexity index is 426. The van der Waals surface area contributed by atoms with Gasteiger partial charge in [0.1, 0.15) is 6.10 Å². The van der Waals surface area contributed by atoms with Gasteiger partial charge in [0, 0.05) is 0 Å². The highest BCUT2D eigenvalue weighted by Crippen LogP contribution is 2.16. The summed E-state index contributed by atoms with van der Waals surface area (Å²) in [4.78, 5) is 21.9. The van der Waals surface area contributed by atoms with Gasteiger partial charge in [-0.1, -0.05) is 50.3 Å². The number of unbranched alkanes of at least 4 members (excludes halogenated alkanes) is 3. The second-order valence-electron chi connectivity index (χ2n) is 5.29. The molecule has 0 aromatic heterocycles. The van der Waals surface area contributed by atoms with E-state index in [1.807, 2.05) is 39.0 Å². The van der Waals surface area contributed by atoms with Crippen LogP contribution in [0.2, 0.25) is 0 Å². The first-order valence-corrected chi connectivity index (χ1v) is 7.33. The molecular formula is C17H25O3. The van der Waals surface area contributed by atoms with E-state index < -0.39 is 5.97 Å². The molecule has 1 aromatic rings. The minimum Gasteiger partial charge on any atom is -0.292 e. The lowest BCUT2D eigenvalue weighted by atomic mass is 10.1. The summed E-state index contributed by atoms with van der Waals surface area (Å²) in [6.07, 6.45) is 6.28. The van der Waals surface area contributed by atoms with E-state index in [4.69, 9.17) is 9.78 Å². The molecule has 0 heterocycles. The normalized spacial score (nSPS) is 10.8. The van der Waals surface area contributed by atoms with E-state index in [1.165, 1.54) is 19.3 Å². The molecule has 0 amide bonds. The molecule has 0 saturated carbocycles. The average molecular weight is 277 g/mol. The summed E-state index contributed by atoms with van der Waals surface area (Å²) in [6, 6.07) is 5.70. The third-order valence-corrected chi connectivity index (χ3v) is 3.25. The summed E-state index contributed by atoms with van der Waals surface area (Å²) in [5.74, 6) is -0.431. The first kappa shape index (κ1) is 16.7. The third kappa shape index (κ3) is 5.74. The molecule has 0 unspecified atom stereocenters. The number of aryl methyl sites for hydroxylation is 2. The molecule has 20 heavy (non-hydrogen) atoms. The van der Waals surface area contributed by atoms with Crippen LogP contribution in [0.5, 0.6) is 0 Å². The average Bonchev–Trinajstić information content (AvgIpc) is 2.43. The molecule has 3 heteroatoms. The number of hydrogen-bond acceptors (Lipinski definition) is 3. The van der Waals surface area contributed by atoms with Crippen LogP contribution in [0.15, 0.2) is 18.2 Å². The number of carbonyl (C=O) groups is 1. The Balaban J connectivity index is 2.37. The summed E-state index contributed by atoms with van der Waals surface area (Å²) in [7, 11) is 0. The molecule has 3 nitrogen and oxygen atoms in total. The molecule has 0 aliphatic carbocycles. The van der Waals surface area contributed by atoms with Crippen molar-refractivity contribution in [1.82, 2.24) is 0 Å². The highest BCUT2D eigenvalue weighted by Gasteiger charge is 2.14. The van der Waals surface area contributed by atoms with Crippen molar-refractivity contribution in [1.29, 1.82) is 0 Å². The van der Waals surface area contributed by atoms with E-state index in [2.05, 4.69) is 6.92 Å². The summed E-state index contributed by atoms with van der Waals surface area (Å²) >= 11 is 0. The monoisotopic (exact) mass is 277 g/mol. The van der Waals surface area contributed by atoms with Crippen LogP contribution in [0.25, 0.3) is 0 Å². The summed E-state index contributed by atoms with van der Waals surface area (Å²) < 4.78 is 0. The van der Waals surface area contributed by atoms with Crippen LogP contribution in [0.1, 0.15) is 67.4 Å². The highest BCUT2D eigenvalue weighted by atomic mass is 17.2. The largest absolute Gasteiger partial charge is 0.373 e. The van der Waals surface area contributed by atoms with Crippen molar-refractivity contribution in [3.05, 3.63) is 41.0 Å². The van der Waals surface area contributed by atoms with Crippen LogP contribution in [0.4, 0.5) is 0 Å². The van der Waals surface area contributed by atoms with Gasteiger partial charge in [-0.15, -0.1) is 0 Å². The lowest BCUT2D eigenvalue weighted by Crippen LogP contribution is -2.10. The maximum Gasteiger partial charge on any atom is 0.373 e. The highest BCUT2D eigenvalue weighted by molar-refractivity contribution is 5.90. The molecule has 0 N–H and O–H groups in total. The van der Waals surface area contributed by atoms with Gasteiger partial charge in [-0.05, 0) is 38.8 Å². The van der Waals surface area contributed by atoms with Gasteiger partial charge in [0.25, 0.3) is 0 Å². The van der Waals surface area contributed by atoms with E-state index in [-0.39, 0.29) is 0 Å². The molecular weight excluding hydrogens is 252 g/mol. The van der Waals surface area contributed by atoms with Gasteiger partial charge in [0.15, 0.2) is 0 Å². The topological polar surface area (TPSA) is 35.5 Å². The predicted molar refractivity (Wildman–Crippen MR) is 80.1 cm³/mol. The fourth-order valence-electron chi connectivity index (χ4n) is 1.95. The molecule has 111 valence electrons. The minimum absolute atomic E-state index is 0.431. The second kappa shape index (κ2) is 8.75. The fraction of sp³-hybridized carbons (Fsp3) is 0.529. The van der Waals surface area contributed by atoms with E-state index >= 15 is 0 Å². The van der Waals surface area contributed by atoms with E-state index in [0.29, 0.717) is 5.56 Å². The van der Waals surface area contributed by atoms with Gasteiger partial charge < -0.3 is 0 Å². The van der Waals surface area contributed by atoms with E-state index in [9.17, 15) is 4.79 Å². The van der Waals surface area contributed by atoms with Crippen molar-refractivity contribution >= 4 is 5.97 Å². The smallest absolute Gasteiger partial charge is 0.292 e. The molecule has 1 radical (unpaired) electrons. The van der Waals surface area contributed by atoms with Crippen molar-refractivity contribution in [2.75, 3.05) is 0 Å². The zero-order valence-corrected chi connectivity index (χ0v) is 13.0. The van der Waals surface area contributed by atoms with Crippen LogP contribution in [0, 0.1) is 20.0 Å². The van der Waals surface area contributed by atoms with Crippen LogP contribution in [0.3, 0.4) is 0 Å². The Kier molecular flexibility index (Phi) is 7.31. The van der Waals surface area contributed by atoms with Crippen molar-refractivity contribution in [2.45, 2.75) is 59.8 Å². The number of carbonyl (C=O) groups excluding carboxylic acids is 1. The standard InChI is InChI=1S/C17H25O3/c1-5-6-7-8-9-15(4)19-20-17(18)16-12-13(2)10-11-14(16)3/h10-12H,5-9H2,1-4H3. The van der Waals surface area contributed by atoms with Gasteiger partial charge in [0.2, 0.25) is 0 Å². The van der Waals surface area contributed by atoms with Crippen molar-refractivity contribution < 1.29 is 14.6 Å². The summed E-state index contributed by atoms with van der Waals surface area (Å²) in [5, 5.41) is 0. The molecule has 0 fully saturated rings. The lowest BCUT2D eigenvalue weighted by Gasteiger charge is -2.11. The van der Waals surface area contributed by atoms with Crippen molar-refractivity contribution in [3.63, 3.8) is 0 Å². The Morgan fingerprint density at radius 3 is 2.55 bits per heavy atom. The minimum atomic E-state index is -0.431. The molecule has 1 rings (SSSR count). The van der Waals surface area contributed by atoms with Crippen LogP contribution < -0.4 is 0 Å². The molecule has 0 saturated heterocycles. The maximum absolute atomic E-state index is 11.9. The molecule has 0 aliphatic heterocycles. The van der Waals surface area contributed by atoms with Gasteiger partial charge in [-0.25, -0.2) is 4.79 Å². The first-order valence-electron chi connectivity index (χ1n) is 7.33. The van der Waals surface area contributed by atoms with Gasteiger partial charge >= 0.3 is 5.97 Å². The fourth-order valence-corrected chi connectivity index (χ4v) is 1.95. The SMILES string of the molecule is CCCCCC[C](C)OOC(=O)c1cc(C)ccc1C. The molecule has 0 spiro atoms. The van der Waals surface area contributed by atoms with Crippen LogP contribution in [-0.4, -0.2) is 5.97 Å². The molecule has 0 aliphatic rings. The number of benzene rings is 1. The predicted octanol–water partition coefficient (Wildman–Crippen LogP) is 4.91. The number of hydrogen-bond donors (Lipinski definition) is 0. The Morgan fingerprint density at radius 1 is 1.10 bits per heavy atom. The maximum atomic E-state index is 11.9. The van der Waals surface area contributed by atoms with Crippen molar-refractivity contribution in [3.8, 4) is 0 Å². The lowest BCUT2D eigenvalue weighted by molar-refractivity contribution is -0.233. The third-order valence-electron chi connectivity index (χ3n) is 3.25. The quantitative estimate of drug-likeness (QED) is 0.384. The Labute approximate surface area is 122 Å². The van der Waals surface area contributed by atoms with Crippen LogP contribution >= 0.6 is 0 Å². The zero-order valence-electron chi connectivity index (χ0n) is 13.0. The van der Waals surface area contributed by atoms with Gasteiger partial charge in [-0.3, -0.25) is 4.89 Å². The van der Waals surface area contributed by atoms with E-state index in [1.54, 1.807) is 0 Å². The first-order chi connectivity index (χ1) is 9.54. The second-order valence-corrected chi connectivity index (χ2v) is 5.29.